The predicted octanol–water partition coefficient (Wildman–Crippen LogP) is -0.654. The van der Waals surface area contributed by atoms with Gasteiger partial charge in [-0.15, -0.1) is 0 Å². The summed E-state index contributed by atoms with van der Waals surface area (Å²) in [5.41, 5.74) is 4.99. The van der Waals surface area contributed by atoms with Crippen molar-refractivity contribution in [2.75, 3.05) is 13.1 Å². The van der Waals surface area contributed by atoms with E-state index in [4.69, 9.17) is 5.73 Å². The summed E-state index contributed by atoms with van der Waals surface area (Å²) in [6.45, 7) is 3.63. The van der Waals surface area contributed by atoms with Gasteiger partial charge in [0.25, 0.3) is 0 Å². The molecule has 0 aliphatic carbocycles. The lowest BCUT2D eigenvalue weighted by Crippen LogP contribution is -2.51. The molecule has 1 aliphatic heterocycles. The van der Waals surface area contributed by atoms with Crippen LogP contribution in [0.15, 0.2) is 0 Å². The molecule has 0 aromatic rings. The molecule has 2 unspecified atom stereocenters. The minimum atomic E-state index is -0.746. The van der Waals surface area contributed by atoms with Crippen molar-refractivity contribution in [1.29, 1.82) is 0 Å². The van der Waals surface area contributed by atoms with Crippen molar-refractivity contribution in [3.63, 3.8) is 0 Å². The van der Waals surface area contributed by atoms with E-state index < -0.39 is 23.1 Å². The Labute approximate surface area is 164 Å². The third kappa shape index (κ3) is 7.58. The zero-order valence-electron chi connectivity index (χ0n) is 15.7. The number of nitrogens with zero attached hydrogens (tertiary/aromatic N) is 1. The standard InChI is InChI=1S/C17H28N4O5S/c1-10(2)15(16(25)19-9-12(18)22)20-13(23)6-4-3-5-7-21-14(24)8-11(27)17(21)26/h10-11,15,27H,3-9H2,1-2H3,(H2,18,22)(H,19,25)(H,20,23). The number of unbranched alkanes of at least 4 members (excludes halogenated alkanes) is 2. The number of carbonyl (C=O) groups is 5. The number of thiol groups is 1. The lowest BCUT2D eigenvalue weighted by molar-refractivity contribution is -0.138. The second-order valence-electron chi connectivity index (χ2n) is 6.89. The summed E-state index contributed by atoms with van der Waals surface area (Å²) in [5, 5.41) is 4.50. The van der Waals surface area contributed by atoms with Gasteiger partial charge in [-0.3, -0.25) is 28.9 Å². The predicted molar refractivity (Wildman–Crippen MR) is 102 cm³/mol. The molecule has 0 aromatic carbocycles. The molecule has 9 nitrogen and oxygen atoms in total. The molecule has 0 bridgehead atoms. The molecule has 1 saturated heterocycles. The molecule has 2 atom stereocenters. The summed E-state index contributed by atoms with van der Waals surface area (Å²) < 4.78 is 0. The number of likely N-dealkylation sites (tertiary alicyclic amines) is 1. The summed E-state index contributed by atoms with van der Waals surface area (Å²) in [6, 6.07) is -0.746. The first-order chi connectivity index (χ1) is 12.6. The van der Waals surface area contributed by atoms with Crippen molar-refractivity contribution >= 4 is 42.2 Å². The van der Waals surface area contributed by atoms with Crippen LogP contribution < -0.4 is 16.4 Å². The number of hydrogen-bond acceptors (Lipinski definition) is 6. The van der Waals surface area contributed by atoms with Crippen LogP contribution in [0.5, 0.6) is 0 Å². The van der Waals surface area contributed by atoms with Crippen LogP contribution in [-0.2, 0) is 24.0 Å². The summed E-state index contributed by atoms with van der Waals surface area (Å²) in [6.07, 6.45) is 2.21. The molecule has 1 fully saturated rings. The highest BCUT2D eigenvalue weighted by Gasteiger charge is 2.35. The second kappa shape index (κ2) is 10.9. The number of nitrogens with one attached hydrogen (secondary N) is 2. The number of hydrogen-bond donors (Lipinski definition) is 4. The van der Waals surface area contributed by atoms with Gasteiger partial charge >= 0.3 is 0 Å². The molecular formula is C17H28N4O5S. The first-order valence-electron chi connectivity index (χ1n) is 9.01. The Morgan fingerprint density at radius 1 is 1.22 bits per heavy atom. The van der Waals surface area contributed by atoms with E-state index in [0.717, 1.165) is 0 Å². The Morgan fingerprint density at radius 2 is 1.89 bits per heavy atom. The number of amides is 5. The van der Waals surface area contributed by atoms with E-state index in [2.05, 4.69) is 23.3 Å². The molecule has 152 valence electrons. The minimum Gasteiger partial charge on any atom is -0.368 e. The molecule has 0 spiro atoms. The van der Waals surface area contributed by atoms with Crippen LogP contribution in [0.4, 0.5) is 0 Å². The summed E-state index contributed by atoms with van der Waals surface area (Å²) in [5.74, 6) is -2.00. The molecule has 27 heavy (non-hydrogen) atoms. The number of rotatable bonds is 11. The Hall–Kier alpha value is -2.10. The Bertz CT molecular complexity index is 596. The molecule has 1 aliphatic rings. The first kappa shape index (κ1) is 22.9. The van der Waals surface area contributed by atoms with Crippen LogP contribution in [0.3, 0.4) is 0 Å². The highest BCUT2D eigenvalue weighted by Crippen LogP contribution is 2.18. The van der Waals surface area contributed by atoms with E-state index in [9.17, 15) is 24.0 Å². The van der Waals surface area contributed by atoms with Crippen LogP contribution in [-0.4, -0.2) is 58.8 Å². The fraction of sp³-hybridized carbons (Fsp3) is 0.706. The fourth-order valence-electron chi connectivity index (χ4n) is 2.70. The fourth-order valence-corrected chi connectivity index (χ4v) is 2.99. The maximum absolute atomic E-state index is 12.1. The van der Waals surface area contributed by atoms with Gasteiger partial charge in [0.1, 0.15) is 6.04 Å². The smallest absolute Gasteiger partial charge is 0.243 e. The van der Waals surface area contributed by atoms with Gasteiger partial charge in [0, 0.05) is 19.4 Å². The van der Waals surface area contributed by atoms with E-state index in [1.807, 2.05) is 0 Å². The highest BCUT2D eigenvalue weighted by molar-refractivity contribution is 7.81. The van der Waals surface area contributed by atoms with Crippen LogP contribution in [0.1, 0.15) is 46.0 Å². The van der Waals surface area contributed by atoms with Gasteiger partial charge in [0.05, 0.1) is 11.8 Å². The van der Waals surface area contributed by atoms with Crippen molar-refractivity contribution in [1.82, 2.24) is 15.5 Å². The van der Waals surface area contributed by atoms with Crippen molar-refractivity contribution in [3.8, 4) is 0 Å². The molecule has 0 radical (unpaired) electrons. The van der Waals surface area contributed by atoms with E-state index in [1.54, 1.807) is 13.8 Å². The molecule has 1 rings (SSSR count). The third-order valence-electron chi connectivity index (χ3n) is 4.21. The van der Waals surface area contributed by atoms with Gasteiger partial charge in [-0.2, -0.15) is 12.6 Å². The second-order valence-corrected chi connectivity index (χ2v) is 7.51. The SMILES string of the molecule is CC(C)C(NC(=O)CCCCCN1C(=O)CC(S)C1=O)C(=O)NCC(N)=O. The van der Waals surface area contributed by atoms with E-state index >= 15 is 0 Å². The zero-order valence-corrected chi connectivity index (χ0v) is 16.6. The highest BCUT2D eigenvalue weighted by atomic mass is 32.1. The maximum atomic E-state index is 12.1. The molecule has 5 amide bonds. The number of primary amides is 1. The van der Waals surface area contributed by atoms with Crippen molar-refractivity contribution in [2.45, 2.75) is 57.2 Å². The quantitative estimate of drug-likeness (QED) is 0.207. The molecule has 0 saturated carbocycles. The van der Waals surface area contributed by atoms with Crippen molar-refractivity contribution in [3.05, 3.63) is 0 Å². The van der Waals surface area contributed by atoms with Crippen LogP contribution in [0, 0.1) is 5.92 Å². The van der Waals surface area contributed by atoms with Gasteiger partial charge in [0.2, 0.25) is 29.5 Å². The average molecular weight is 401 g/mol. The van der Waals surface area contributed by atoms with Crippen molar-refractivity contribution < 1.29 is 24.0 Å². The van der Waals surface area contributed by atoms with Gasteiger partial charge in [-0.25, -0.2) is 0 Å². The summed E-state index contributed by atoms with van der Waals surface area (Å²) in [7, 11) is 0. The van der Waals surface area contributed by atoms with Gasteiger partial charge in [-0.1, -0.05) is 20.3 Å². The van der Waals surface area contributed by atoms with Crippen LogP contribution in [0.2, 0.25) is 0 Å². The summed E-state index contributed by atoms with van der Waals surface area (Å²) >= 11 is 4.06. The van der Waals surface area contributed by atoms with Crippen LogP contribution >= 0.6 is 12.6 Å². The first-order valence-corrected chi connectivity index (χ1v) is 9.52. The molecular weight excluding hydrogens is 372 g/mol. The number of carbonyl (C=O) groups excluding carboxylic acids is 5. The monoisotopic (exact) mass is 400 g/mol. The number of imide groups is 1. The summed E-state index contributed by atoms with van der Waals surface area (Å²) in [4.78, 5) is 59.4. The van der Waals surface area contributed by atoms with Crippen molar-refractivity contribution in [2.24, 2.45) is 11.7 Å². The van der Waals surface area contributed by atoms with Gasteiger partial charge in [0.15, 0.2) is 0 Å². The molecule has 4 N–H and O–H groups in total. The lowest BCUT2D eigenvalue weighted by atomic mass is 10.0. The molecule has 1 heterocycles. The topological polar surface area (TPSA) is 139 Å². The van der Waals surface area contributed by atoms with Gasteiger partial charge in [-0.05, 0) is 18.8 Å². The lowest BCUT2D eigenvalue weighted by Gasteiger charge is -2.21. The van der Waals surface area contributed by atoms with E-state index in [0.29, 0.717) is 25.8 Å². The molecule has 10 heteroatoms. The Kier molecular flexibility index (Phi) is 9.27. The zero-order chi connectivity index (χ0) is 20.6. The Morgan fingerprint density at radius 3 is 2.41 bits per heavy atom. The Balaban J connectivity index is 2.30. The molecule has 0 aromatic heterocycles. The maximum Gasteiger partial charge on any atom is 0.243 e. The normalized spacial score (nSPS) is 17.9. The van der Waals surface area contributed by atoms with Crippen LogP contribution in [0.25, 0.3) is 0 Å². The minimum absolute atomic E-state index is 0.138. The van der Waals surface area contributed by atoms with Gasteiger partial charge < -0.3 is 16.4 Å². The largest absolute Gasteiger partial charge is 0.368 e. The van der Waals surface area contributed by atoms with E-state index in [1.165, 1.54) is 4.90 Å². The average Bonchev–Trinajstić information content (AvgIpc) is 2.82. The van der Waals surface area contributed by atoms with E-state index in [-0.39, 0.29) is 43.0 Å². The number of nitrogens with two attached hydrogens (primary N) is 1. The third-order valence-corrected chi connectivity index (χ3v) is 4.61.